The normalized spacial score (nSPS) is 12.2. The van der Waals surface area contributed by atoms with E-state index in [4.69, 9.17) is 0 Å². The number of hydrogen-bond acceptors (Lipinski definition) is 3. The van der Waals surface area contributed by atoms with E-state index in [1.807, 2.05) is 25.1 Å². The average Bonchev–Trinajstić information content (AvgIpc) is 2.70. The van der Waals surface area contributed by atoms with Gasteiger partial charge in [0.1, 0.15) is 0 Å². The van der Waals surface area contributed by atoms with Crippen LogP contribution in [0.1, 0.15) is 30.5 Å². The number of guanidine groups is 1. The Bertz CT molecular complexity index is 908. The first-order valence-electron chi connectivity index (χ1n) is 9.49. The molecule has 152 valence electrons. The number of nitrogens with one attached hydrogen (secondary N) is 2. The predicted octanol–water partition coefficient (Wildman–Crippen LogP) is 2.75. The van der Waals surface area contributed by atoms with Gasteiger partial charge in [-0.15, -0.1) is 0 Å². The van der Waals surface area contributed by atoms with Crippen molar-refractivity contribution < 1.29 is 8.42 Å². The number of sulfonamides is 1. The summed E-state index contributed by atoms with van der Waals surface area (Å²) in [5.74, 6) is 0.658. The van der Waals surface area contributed by atoms with Gasteiger partial charge >= 0.3 is 0 Å². The van der Waals surface area contributed by atoms with Crippen LogP contribution in [-0.4, -0.2) is 39.3 Å². The molecule has 2 aromatic carbocycles. The van der Waals surface area contributed by atoms with Crippen LogP contribution in [0, 0.1) is 0 Å². The molecule has 0 aliphatic carbocycles. The van der Waals surface area contributed by atoms with E-state index in [9.17, 15) is 8.42 Å². The third-order valence-corrected chi connectivity index (χ3v) is 6.34. The van der Waals surface area contributed by atoms with Crippen LogP contribution in [0.2, 0.25) is 0 Å². The Labute approximate surface area is 168 Å². The van der Waals surface area contributed by atoms with Crippen LogP contribution in [0.4, 0.5) is 0 Å². The molecule has 0 atom stereocenters. The maximum atomic E-state index is 12.6. The monoisotopic (exact) mass is 402 g/mol. The van der Waals surface area contributed by atoms with Gasteiger partial charge in [0.15, 0.2) is 5.96 Å². The molecule has 2 aromatic rings. The molecule has 0 saturated carbocycles. The summed E-state index contributed by atoms with van der Waals surface area (Å²) in [6.07, 6.45) is 0.974. The minimum atomic E-state index is -3.51. The Morgan fingerprint density at radius 2 is 1.54 bits per heavy atom. The van der Waals surface area contributed by atoms with Gasteiger partial charge in [0.25, 0.3) is 0 Å². The lowest BCUT2D eigenvalue weighted by atomic mass is 10.1. The van der Waals surface area contributed by atoms with Crippen LogP contribution in [0.3, 0.4) is 0 Å². The molecule has 0 heterocycles. The van der Waals surface area contributed by atoms with Crippen LogP contribution >= 0.6 is 0 Å². The van der Waals surface area contributed by atoms with Gasteiger partial charge in [-0.2, -0.15) is 0 Å². The van der Waals surface area contributed by atoms with Crippen molar-refractivity contribution in [3.8, 4) is 0 Å². The zero-order valence-corrected chi connectivity index (χ0v) is 17.9. The minimum Gasteiger partial charge on any atom is -0.357 e. The van der Waals surface area contributed by atoms with Crippen molar-refractivity contribution in [1.82, 2.24) is 14.9 Å². The fourth-order valence-electron chi connectivity index (χ4n) is 2.84. The Hall–Kier alpha value is -2.38. The molecule has 0 aliphatic heterocycles. The average molecular weight is 403 g/mol. The Kier molecular flexibility index (Phi) is 8.02. The molecular weight excluding hydrogens is 372 g/mol. The van der Waals surface area contributed by atoms with E-state index in [1.165, 1.54) is 29.5 Å². The number of hydrogen-bond donors (Lipinski definition) is 2. The van der Waals surface area contributed by atoms with Gasteiger partial charge in [0.05, 0.1) is 11.4 Å². The van der Waals surface area contributed by atoms with Crippen molar-refractivity contribution in [3.63, 3.8) is 0 Å². The maximum Gasteiger partial charge on any atom is 0.242 e. The zero-order chi connectivity index (χ0) is 20.6. The maximum absolute atomic E-state index is 12.6. The van der Waals surface area contributed by atoms with Gasteiger partial charge in [-0.1, -0.05) is 49.4 Å². The van der Waals surface area contributed by atoms with Crippen molar-refractivity contribution in [3.05, 3.63) is 65.2 Å². The van der Waals surface area contributed by atoms with E-state index >= 15 is 0 Å². The highest BCUT2D eigenvalue weighted by Crippen LogP contribution is 2.19. The minimum absolute atomic E-state index is 0.272. The highest BCUT2D eigenvalue weighted by Gasteiger charge is 2.20. The summed E-state index contributed by atoms with van der Waals surface area (Å²) in [4.78, 5) is 4.89. The lowest BCUT2D eigenvalue weighted by Crippen LogP contribution is -2.37. The van der Waals surface area contributed by atoms with Crippen molar-refractivity contribution >= 4 is 16.0 Å². The first kappa shape index (κ1) is 21.9. The van der Waals surface area contributed by atoms with Gasteiger partial charge in [-0.05, 0) is 36.1 Å². The van der Waals surface area contributed by atoms with Gasteiger partial charge in [0, 0.05) is 27.2 Å². The molecule has 0 amide bonds. The molecule has 0 spiro atoms. The second kappa shape index (κ2) is 10.2. The molecule has 0 unspecified atom stereocenters. The summed E-state index contributed by atoms with van der Waals surface area (Å²) >= 11 is 0. The zero-order valence-electron chi connectivity index (χ0n) is 17.1. The summed E-state index contributed by atoms with van der Waals surface area (Å²) in [7, 11) is -0.441. The first-order valence-corrected chi connectivity index (χ1v) is 10.9. The molecule has 2 rings (SSSR count). The molecular formula is C21H30N4O2S. The molecule has 7 heteroatoms. The quantitative estimate of drug-likeness (QED) is 0.526. The molecule has 6 nitrogen and oxygen atoms in total. The SMILES string of the molecule is CCNC(=NCc1ccccc1S(=O)(=O)N(C)C)NCc1ccccc1CC. The van der Waals surface area contributed by atoms with Crippen molar-refractivity contribution in [2.24, 2.45) is 4.99 Å². The topological polar surface area (TPSA) is 73.8 Å². The first-order chi connectivity index (χ1) is 13.4. The van der Waals surface area contributed by atoms with E-state index in [2.05, 4.69) is 34.7 Å². The molecule has 28 heavy (non-hydrogen) atoms. The van der Waals surface area contributed by atoms with Crippen LogP contribution in [0.15, 0.2) is 58.4 Å². The van der Waals surface area contributed by atoms with Crippen molar-refractivity contribution in [2.45, 2.75) is 38.3 Å². The van der Waals surface area contributed by atoms with Gasteiger partial charge < -0.3 is 10.6 Å². The van der Waals surface area contributed by atoms with E-state index in [1.54, 1.807) is 18.2 Å². The summed E-state index contributed by atoms with van der Waals surface area (Å²) < 4.78 is 26.3. The summed E-state index contributed by atoms with van der Waals surface area (Å²) in [5.41, 5.74) is 3.20. The molecule has 0 aliphatic rings. The van der Waals surface area contributed by atoms with E-state index in [0.29, 0.717) is 18.1 Å². The molecule has 0 fully saturated rings. The van der Waals surface area contributed by atoms with Crippen LogP contribution < -0.4 is 10.6 Å². The third-order valence-electron chi connectivity index (χ3n) is 4.43. The summed E-state index contributed by atoms with van der Waals surface area (Å²) in [6.45, 7) is 5.79. The van der Waals surface area contributed by atoms with E-state index < -0.39 is 10.0 Å². The van der Waals surface area contributed by atoms with Gasteiger partial charge in [0.2, 0.25) is 10.0 Å². The highest BCUT2D eigenvalue weighted by molar-refractivity contribution is 7.89. The Morgan fingerprint density at radius 3 is 2.14 bits per heavy atom. The second-order valence-corrected chi connectivity index (χ2v) is 8.69. The highest BCUT2D eigenvalue weighted by atomic mass is 32.2. The predicted molar refractivity (Wildman–Crippen MR) is 115 cm³/mol. The Balaban J connectivity index is 2.20. The molecule has 0 aromatic heterocycles. The van der Waals surface area contributed by atoms with Gasteiger partial charge in [-0.3, -0.25) is 0 Å². The number of aryl methyl sites for hydroxylation is 1. The standard InChI is InChI=1S/C21H30N4O2S/c1-5-17-11-7-8-12-18(17)15-23-21(22-6-2)24-16-19-13-9-10-14-20(19)28(26,27)25(3)4/h7-14H,5-6,15-16H2,1-4H3,(H2,22,23,24). The summed E-state index contributed by atoms with van der Waals surface area (Å²) in [6, 6.07) is 15.3. The number of rotatable bonds is 8. The van der Waals surface area contributed by atoms with Crippen LogP contribution in [0.5, 0.6) is 0 Å². The third kappa shape index (κ3) is 5.56. The van der Waals surface area contributed by atoms with E-state index in [-0.39, 0.29) is 11.4 Å². The van der Waals surface area contributed by atoms with E-state index in [0.717, 1.165) is 13.0 Å². The largest absolute Gasteiger partial charge is 0.357 e. The second-order valence-electron chi connectivity index (χ2n) is 6.57. The number of aliphatic imine (C=N–C) groups is 1. The Morgan fingerprint density at radius 1 is 0.929 bits per heavy atom. The van der Waals surface area contributed by atoms with Crippen LogP contribution in [-0.2, 0) is 29.5 Å². The smallest absolute Gasteiger partial charge is 0.242 e. The molecule has 0 saturated heterocycles. The number of nitrogens with zero attached hydrogens (tertiary/aromatic N) is 2. The van der Waals surface area contributed by atoms with Crippen molar-refractivity contribution in [1.29, 1.82) is 0 Å². The molecule has 2 N–H and O–H groups in total. The fraction of sp³-hybridized carbons (Fsp3) is 0.381. The van der Waals surface area contributed by atoms with Crippen molar-refractivity contribution in [2.75, 3.05) is 20.6 Å². The van der Waals surface area contributed by atoms with Crippen LogP contribution in [0.25, 0.3) is 0 Å². The lowest BCUT2D eigenvalue weighted by Gasteiger charge is -2.16. The summed E-state index contributed by atoms with van der Waals surface area (Å²) in [5, 5.41) is 6.56. The fourth-order valence-corrected chi connectivity index (χ4v) is 3.95. The molecule has 0 bridgehead atoms. The number of benzene rings is 2. The molecule has 0 radical (unpaired) electrons. The lowest BCUT2D eigenvalue weighted by molar-refractivity contribution is 0.519. The van der Waals surface area contributed by atoms with Gasteiger partial charge in [-0.25, -0.2) is 17.7 Å².